The number of hydrogen-bond donors (Lipinski definition) is 2. The molecule has 2 aromatic rings. The first kappa shape index (κ1) is 17.1. The second-order valence-electron chi connectivity index (χ2n) is 5.22. The van der Waals surface area contributed by atoms with E-state index < -0.39 is 25.5 Å². The number of hydrogen-bond acceptors (Lipinski definition) is 5. The summed E-state index contributed by atoms with van der Waals surface area (Å²) in [5.74, 6) is 0. The van der Waals surface area contributed by atoms with Gasteiger partial charge in [-0.1, -0.05) is 42.5 Å². The van der Waals surface area contributed by atoms with Gasteiger partial charge >= 0.3 is 0 Å². The van der Waals surface area contributed by atoms with Gasteiger partial charge in [0.25, 0.3) is 5.69 Å². The van der Waals surface area contributed by atoms with Crippen molar-refractivity contribution < 1.29 is 13.3 Å². The lowest BCUT2D eigenvalue weighted by Crippen LogP contribution is -2.26. The molecule has 0 aromatic heterocycles. The zero-order valence-corrected chi connectivity index (χ0v) is 13.1. The van der Waals surface area contributed by atoms with Gasteiger partial charge in [0.15, 0.2) is 4.90 Å². The Hall–Kier alpha value is -2.29. The van der Waals surface area contributed by atoms with Gasteiger partial charge in [0.05, 0.1) is 4.92 Å². The molecule has 122 valence electrons. The first-order valence-electron chi connectivity index (χ1n) is 6.87. The monoisotopic (exact) mass is 335 g/mol. The fraction of sp³-hybridized carbons (Fsp3) is 0.200. The van der Waals surface area contributed by atoms with Crippen molar-refractivity contribution in [1.82, 2.24) is 0 Å². The summed E-state index contributed by atoms with van der Waals surface area (Å²) in [6.45, 7) is 0. The van der Waals surface area contributed by atoms with Crippen LogP contribution >= 0.6 is 0 Å². The molecule has 2 aromatic carbocycles. The fourth-order valence-electron chi connectivity index (χ4n) is 2.44. The molecule has 23 heavy (non-hydrogen) atoms. The van der Waals surface area contributed by atoms with Crippen LogP contribution in [0.3, 0.4) is 0 Å². The van der Waals surface area contributed by atoms with E-state index in [1.54, 1.807) is 0 Å². The van der Waals surface area contributed by atoms with E-state index in [2.05, 4.69) is 0 Å². The molecule has 1 atom stereocenters. The summed E-state index contributed by atoms with van der Waals surface area (Å²) in [5.41, 5.74) is 6.82. The van der Waals surface area contributed by atoms with E-state index in [4.69, 9.17) is 10.9 Å². The van der Waals surface area contributed by atoms with Crippen LogP contribution in [0.15, 0.2) is 53.4 Å². The largest absolute Gasteiger partial charge is 0.327 e. The van der Waals surface area contributed by atoms with Gasteiger partial charge in [0.1, 0.15) is 0 Å². The summed E-state index contributed by atoms with van der Waals surface area (Å²) in [6, 6.07) is 13.1. The highest BCUT2D eigenvalue weighted by molar-refractivity contribution is 7.89. The smallest absolute Gasteiger partial charge is 0.292 e. The molecule has 0 amide bonds. The second kappa shape index (κ2) is 6.86. The fourth-order valence-corrected chi connectivity index (χ4v) is 3.18. The van der Waals surface area contributed by atoms with Gasteiger partial charge in [0, 0.05) is 11.6 Å². The maximum absolute atomic E-state index is 11.5. The van der Waals surface area contributed by atoms with Crippen molar-refractivity contribution in [1.29, 1.82) is 0 Å². The van der Waals surface area contributed by atoms with E-state index >= 15 is 0 Å². The van der Waals surface area contributed by atoms with Crippen LogP contribution in [0.4, 0.5) is 5.69 Å². The normalized spacial score (nSPS) is 12.8. The van der Waals surface area contributed by atoms with Gasteiger partial charge in [-0.15, -0.1) is 0 Å². The van der Waals surface area contributed by atoms with Crippen molar-refractivity contribution in [3.63, 3.8) is 0 Å². The highest BCUT2D eigenvalue weighted by Gasteiger charge is 2.27. The van der Waals surface area contributed by atoms with Crippen molar-refractivity contribution >= 4 is 15.7 Å². The van der Waals surface area contributed by atoms with Gasteiger partial charge < -0.3 is 5.73 Å². The Morgan fingerprint density at radius 2 is 1.70 bits per heavy atom. The number of para-hydroxylation sites is 1. The summed E-state index contributed by atoms with van der Waals surface area (Å²) in [7, 11) is -4.18. The van der Waals surface area contributed by atoms with Crippen molar-refractivity contribution in [2.75, 3.05) is 0 Å². The van der Waals surface area contributed by atoms with E-state index in [0.29, 0.717) is 6.42 Å². The zero-order valence-electron chi connectivity index (χ0n) is 12.3. The van der Waals surface area contributed by atoms with Crippen LogP contribution in [0.2, 0.25) is 0 Å². The summed E-state index contributed by atoms with van der Waals surface area (Å²) in [5, 5.41) is 16.3. The number of benzene rings is 2. The molecular weight excluding hydrogens is 318 g/mol. The number of rotatable bonds is 6. The quantitative estimate of drug-likeness (QED) is 0.608. The number of sulfonamides is 1. The van der Waals surface area contributed by atoms with Gasteiger partial charge in [0.2, 0.25) is 10.0 Å². The lowest BCUT2D eigenvalue weighted by molar-refractivity contribution is -0.388. The van der Waals surface area contributed by atoms with E-state index in [1.807, 2.05) is 30.3 Å². The molecule has 0 saturated carbocycles. The average Bonchev–Trinajstić information content (AvgIpc) is 2.46. The minimum absolute atomic E-state index is 0.175. The Morgan fingerprint density at radius 3 is 2.26 bits per heavy atom. The lowest BCUT2D eigenvalue weighted by Gasteiger charge is -2.13. The third-order valence-corrected chi connectivity index (χ3v) is 4.34. The molecule has 8 heteroatoms. The minimum Gasteiger partial charge on any atom is -0.327 e. The Labute approximate surface area is 134 Å². The lowest BCUT2D eigenvalue weighted by atomic mass is 9.99. The van der Waals surface area contributed by atoms with Crippen LogP contribution < -0.4 is 10.9 Å². The molecule has 0 aliphatic heterocycles. The van der Waals surface area contributed by atoms with Crippen molar-refractivity contribution in [2.45, 2.75) is 23.8 Å². The third-order valence-electron chi connectivity index (χ3n) is 3.39. The molecule has 2 rings (SSSR count). The maximum Gasteiger partial charge on any atom is 0.292 e. The van der Waals surface area contributed by atoms with E-state index in [1.165, 1.54) is 12.1 Å². The van der Waals surface area contributed by atoms with Gasteiger partial charge in [-0.25, -0.2) is 13.6 Å². The molecule has 0 unspecified atom stereocenters. The number of nitro benzene ring substituents is 1. The Morgan fingerprint density at radius 1 is 1.04 bits per heavy atom. The topological polar surface area (TPSA) is 129 Å². The van der Waals surface area contributed by atoms with E-state index in [9.17, 15) is 18.5 Å². The Balaban J connectivity index is 2.31. The molecule has 0 fully saturated rings. The van der Waals surface area contributed by atoms with Crippen molar-refractivity contribution in [2.24, 2.45) is 10.9 Å². The first-order valence-corrected chi connectivity index (χ1v) is 8.42. The molecule has 4 N–H and O–H groups in total. The predicted molar refractivity (Wildman–Crippen MR) is 86.3 cm³/mol. The number of primary sulfonamides is 1. The third kappa shape index (κ3) is 4.35. The number of nitrogens with two attached hydrogens (primary N) is 2. The number of nitrogens with zero attached hydrogens (tertiary/aromatic N) is 1. The van der Waals surface area contributed by atoms with Gasteiger partial charge in [-0.3, -0.25) is 10.1 Å². The summed E-state index contributed by atoms with van der Waals surface area (Å²) < 4.78 is 23.1. The van der Waals surface area contributed by atoms with E-state index in [-0.39, 0.29) is 18.0 Å². The minimum atomic E-state index is -4.18. The summed E-state index contributed by atoms with van der Waals surface area (Å²) >= 11 is 0. The number of nitro groups is 1. The van der Waals surface area contributed by atoms with Crippen LogP contribution in [0.5, 0.6) is 0 Å². The molecule has 0 bridgehead atoms. The Bertz CT molecular complexity index is 807. The van der Waals surface area contributed by atoms with Crippen LogP contribution in [0, 0.1) is 10.1 Å². The van der Waals surface area contributed by atoms with Gasteiger partial charge in [-0.2, -0.15) is 0 Å². The maximum atomic E-state index is 11.5. The molecule has 0 radical (unpaired) electrons. The van der Waals surface area contributed by atoms with Crippen molar-refractivity contribution in [3.05, 3.63) is 69.8 Å². The van der Waals surface area contributed by atoms with Crippen LogP contribution in [0.25, 0.3) is 0 Å². The van der Waals surface area contributed by atoms with Crippen LogP contribution in [-0.4, -0.2) is 19.4 Å². The van der Waals surface area contributed by atoms with Gasteiger partial charge in [-0.05, 0) is 24.5 Å². The highest BCUT2D eigenvalue weighted by Crippen LogP contribution is 2.28. The molecule has 7 nitrogen and oxygen atoms in total. The average molecular weight is 335 g/mol. The summed E-state index contributed by atoms with van der Waals surface area (Å²) in [4.78, 5) is 10.0. The first-order chi connectivity index (χ1) is 10.8. The molecule has 0 aliphatic carbocycles. The molecule has 0 heterocycles. The zero-order chi connectivity index (χ0) is 17.0. The standard InChI is InChI=1S/C15H17N3O4S/c16-13(9-11-5-2-1-3-6-11)10-12-7-4-8-14(23(17,21)22)15(12)18(19)20/h1-8,13H,9-10,16H2,(H2,17,21,22)/t13-/m1/s1. The molecular formula is C15H17N3O4S. The summed E-state index contributed by atoms with van der Waals surface area (Å²) in [6.07, 6.45) is 0.701. The Kier molecular flexibility index (Phi) is 5.09. The predicted octanol–water partition coefficient (Wildman–Crippen LogP) is 1.35. The SMILES string of the molecule is N[C@H](Cc1ccccc1)Cc1cccc(S(N)(=O)=O)c1[N+](=O)[O-]. The second-order valence-corrected chi connectivity index (χ2v) is 6.75. The molecule has 0 saturated heterocycles. The van der Waals surface area contributed by atoms with Crippen LogP contribution in [0.1, 0.15) is 11.1 Å². The van der Waals surface area contributed by atoms with E-state index in [0.717, 1.165) is 11.6 Å². The molecule has 0 aliphatic rings. The molecule has 0 spiro atoms. The van der Waals surface area contributed by atoms with Crippen LogP contribution in [-0.2, 0) is 22.9 Å². The van der Waals surface area contributed by atoms with Crippen molar-refractivity contribution in [3.8, 4) is 0 Å². The highest BCUT2D eigenvalue weighted by atomic mass is 32.2.